The second-order valence-electron chi connectivity index (χ2n) is 7.48. The third-order valence-electron chi connectivity index (χ3n) is 5.32. The lowest BCUT2D eigenvalue weighted by Gasteiger charge is -2.33. The maximum atomic E-state index is 13.2. The van der Waals surface area contributed by atoms with E-state index < -0.39 is 15.8 Å². The number of nitrogens with one attached hydrogen (secondary N) is 1. The average molecular weight is 446 g/mol. The Morgan fingerprint density at radius 3 is 2.61 bits per heavy atom. The lowest BCUT2D eigenvalue weighted by atomic mass is 10.3. The number of rotatable bonds is 7. The molecule has 8 nitrogen and oxygen atoms in total. The number of piperazine rings is 1. The number of carbonyl (C=O) groups excluding carboxylic acids is 1. The van der Waals surface area contributed by atoms with Crippen LogP contribution >= 0.6 is 0 Å². The fraction of sp³-hybridized carbons (Fsp3) is 0.333. The van der Waals surface area contributed by atoms with E-state index in [1.54, 1.807) is 12.4 Å². The van der Waals surface area contributed by atoms with Gasteiger partial charge in [0.15, 0.2) is 0 Å². The molecule has 0 saturated carbocycles. The normalized spacial score (nSPS) is 15.9. The first kappa shape index (κ1) is 21.4. The molecule has 2 aromatic carbocycles. The molecule has 2 heterocycles. The van der Waals surface area contributed by atoms with Crippen molar-refractivity contribution in [1.29, 1.82) is 0 Å². The fourth-order valence-corrected chi connectivity index (χ4v) is 5.07. The average Bonchev–Trinajstić information content (AvgIpc) is 3.16. The molecule has 1 amide bonds. The van der Waals surface area contributed by atoms with E-state index in [1.165, 1.54) is 22.5 Å². The first-order valence-corrected chi connectivity index (χ1v) is 11.7. The molecular formula is C21H24FN5O3S. The van der Waals surface area contributed by atoms with Gasteiger partial charge in [0.25, 0.3) is 0 Å². The minimum atomic E-state index is -3.42. The number of aromatic nitrogens is 2. The molecule has 1 aliphatic heterocycles. The smallest absolute Gasteiger partial charge is 0.238 e. The molecule has 164 valence electrons. The monoisotopic (exact) mass is 445 g/mol. The Bertz CT molecular complexity index is 1170. The second-order valence-corrected chi connectivity index (χ2v) is 9.56. The molecule has 10 heteroatoms. The van der Waals surface area contributed by atoms with Crippen LogP contribution in [0.15, 0.2) is 54.9 Å². The number of imidazole rings is 1. The van der Waals surface area contributed by atoms with Gasteiger partial charge in [-0.15, -0.1) is 0 Å². The van der Waals surface area contributed by atoms with E-state index in [0.717, 1.165) is 11.0 Å². The maximum Gasteiger partial charge on any atom is 0.238 e. The van der Waals surface area contributed by atoms with E-state index in [-0.39, 0.29) is 18.2 Å². The first-order valence-electron chi connectivity index (χ1n) is 10.1. The van der Waals surface area contributed by atoms with Crippen molar-refractivity contribution in [1.82, 2.24) is 18.8 Å². The van der Waals surface area contributed by atoms with Gasteiger partial charge < -0.3 is 9.88 Å². The number of anilines is 1. The lowest BCUT2D eigenvalue weighted by Crippen LogP contribution is -2.51. The van der Waals surface area contributed by atoms with Gasteiger partial charge in [0.1, 0.15) is 5.82 Å². The van der Waals surface area contributed by atoms with E-state index in [1.807, 2.05) is 33.7 Å². The molecule has 0 spiro atoms. The van der Waals surface area contributed by atoms with Crippen LogP contribution in [0.2, 0.25) is 0 Å². The summed E-state index contributed by atoms with van der Waals surface area (Å²) in [5.74, 6) is -0.679. The Morgan fingerprint density at radius 1 is 1.06 bits per heavy atom. The standard InChI is InChI=1S/C21H24FN5O3S/c22-17-4-3-5-18(14-17)24-21(28)15-25-8-10-27(11-9-25)31(29,30)13-12-26-16-23-19-6-1-2-7-20(19)26/h1-7,14,16H,8-13,15H2,(H,24,28). The van der Waals surface area contributed by atoms with E-state index in [4.69, 9.17) is 0 Å². The highest BCUT2D eigenvalue weighted by Crippen LogP contribution is 2.14. The van der Waals surface area contributed by atoms with Gasteiger partial charge in [0.05, 0.1) is 29.7 Å². The Hall–Kier alpha value is -2.82. The Balaban J connectivity index is 1.27. The predicted octanol–water partition coefficient (Wildman–Crippen LogP) is 1.76. The van der Waals surface area contributed by atoms with E-state index in [0.29, 0.717) is 38.4 Å². The summed E-state index contributed by atoms with van der Waals surface area (Å²) in [5.41, 5.74) is 2.15. The van der Waals surface area contributed by atoms with Gasteiger partial charge in [0.2, 0.25) is 15.9 Å². The Kier molecular flexibility index (Phi) is 6.30. The van der Waals surface area contributed by atoms with Crippen LogP contribution in [0.1, 0.15) is 0 Å². The zero-order valence-electron chi connectivity index (χ0n) is 16.9. The summed E-state index contributed by atoms with van der Waals surface area (Å²) in [5, 5.41) is 2.66. The van der Waals surface area contributed by atoms with Gasteiger partial charge in [0, 0.05) is 38.4 Å². The SMILES string of the molecule is O=C(CN1CCN(S(=O)(=O)CCn2cnc3ccccc32)CC1)Nc1cccc(F)c1. The van der Waals surface area contributed by atoms with Crippen LogP contribution in [0.25, 0.3) is 11.0 Å². The minimum absolute atomic E-state index is 0.00654. The molecule has 1 aromatic heterocycles. The third kappa shape index (κ3) is 5.27. The number of sulfonamides is 1. The number of benzene rings is 2. The summed E-state index contributed by atoms with van der Waals surface area (Å²) in [6.45, 7) is 2.05. The highest BCUT2D eigenvalue weighted by Gasteiger charge is 2.27. The number of carbonyl (C=O) groups is 1. The van der Waals surface area contributed by atoms with E-state index in [9.17, 15) is 17.6 Å². The number of amides is 1. The molecule has 4 rings (SSSR count). The lowest BCUT2D eigenvalue weighted by molar-refractivity contribution is -0.117. The van der Waals surface area contributed by atoms with Crippen molar-refractivity contribution in [3.05, 3.63) is 60.7 Å². The van der Waals surface area contributed by atoms with Crippen LogP contribution in [0.3, 0.4) is 0 Å². The summed E-state index contributed by atoms with van der Waals surface area (Å²) in [7, 11) is -3.42. The molecular weight excluding hydrogens is 421 g/mol. The van der Waals surface area contributed by atoms with Crippen molar-refractivity contribution in [3.63, 3.8) is 0 Å². The highest BCUT2D eigenvalue weighted by molar-refractivity contribution is 7.89. The molecule has 31 heavy (non-hydrogen) atoms. The second kappa shape index (κ2) is 9.13. The molecule has 1 saturated heterocycles. The molecule has 1 aliphatic rings. The van der Waals surface area contributed by atoms with Gasteiger partial charge in [-0.25, -0.2) is 17.8 Å². The summed E-state index contributed by atoms with van der Waals surface area (Å²) in [6, 6.07) is 13.3. The predicted molar refractivity (Wildman–Crippen MR) is 117 cm³/mol. The molecule has 0 unspecified atom stereocenters. The highest BCUT2D eigenvalue weighted by atomic mass is 32.2. The molecule has 0 aliphatic carbocycles. The zero-order chi connectivity index (χ0) is 21.8. The number of nitrogens with zero attached hydrogens (tertiary/aromatic N) is 4. The number of aryl methyl sites for hydroxylation is 1. The summed E-state index contributed by atoms with van der Waals surface area (Å²) in [4.78, 5) is 18.4. The number of halogens is 1. The quantitative estimate of drug-likeness (QED) is 0.599. The van der Waals surface area contributed by atoms with Gasteiger partial charge in [-0.1, -0.05) is 18.2 Å². The first-order chi connectivity index (χ1) is 14.9. The molecule has 0 radical (unpaired) electrons. The third-order valence-corrected chi connectivity index (χ3v) is 7.17. The number of hydrogen-bond donors (Lipinski definition) is 1. The van der Waals surface area contributed by atoms with Crippen LogP contribution in [0.4, 0.5) is 10.1 Å². The van der Waals surface area contributed by atoms with Crippen molar-refractivity contribution in [2.75, 3.05) is 43.8 Å². The van der Waals surface area contributed by atoms with Crippen molar-refractivity contribution in [2.24, 2.45) is 0 Å². The molecule has 3 aromatic rings. The number of fused-ring (bicyclic) bond motifs is 1. The summed E-state index contributed by atoms with van der Waals surface area (Å²) in [6.07, 6.45) is 1.66. The maximum absolute atomic E-state index is 13.2. The van der Waals surface area contributed by atoms with Crippen LogP contribution < -0.4 is 5.32 Å². The molecule has 1 N–H and O–H groups in total. The zero-order valence-corrected chi connectivity index (χ0v) is 17.8. The molecule has 0 bridgehead atoms. The van der Waals surface area contributed by atoms with Gasteiger partial charge >= 0.3 is 0 Å². The van der Waals surface area contributed by atoms with Gasteiger partial charge in [-0.2, -0.15) is 4.31 Å². The largest absolute Gasteiger partial charge is 0.330 e. The van der Waals surface area contributed by atoms with Crippen LogP contribution in [0.5, 0.6) is 0 Å². The van der Waals surface area contributed by atoms with E-state index >= 15 is 0 Å². The Morgan fingerprint density at radius 2 is 1.84 bits per heavy atom. The van der Waals surface area contributed by atoms with Gasteiger partial charge in [-0.3, -0.25) is 9.69 Å². The minimum Gasteiger partial charge on any atom is -0.330 e. The van der Waals surface area contributed by atoms with Gasteiger partial charge in [-0.05, 0) is 30.3 Å². The van der Waals surface area contributed by atoms with E-state index in [2.05, 4.69) is 10.3 Å². The topological polar surface area (TPSA) is 87.5 Å². The van der Waals surface area contributed by atoms with Crippen molar-refractivity contribution >= 4 is 32.7 Å². The summed E-state index contributed by atoms with van der Waals surface area (Å²) >= 11 is 0. The number of para-hydroxylation sites is 2. The fourth-order valence-electron chi connectivity index (χ4n) is 3.67. The molecule has 0 atom stereocenters. The van der Waals surface area contributed by atoms with Crippen molar-refractivity contribution < 1.29 is 17.6 Å². The van der Waals surface area contributed by atoms with Crippen molar-refractivity contribution in [3.8, 4) is 0 Å². The van der Waals surface area contributed by atoms with Crippen LogP contribution in [-0.2, 0) is 21.4 Å². The van der Waals surface area contributed by atoms with Crippen molar-refractivity contribution in [2.45, 2.75) is 6.54 Å². The molecule has 1 fully saturated rings. The Labute approximate surface area is 180 Å². The van der Waals surface area contributed by atoms with Crippen LogP contribution in [0, 0.1) is 5.82 Å². The summed E-state index contributed by atoms with van der Waals surface area (Å²) < 4.78 is 42.1. The number of hydrogen-bond acceptors (Lipinski definition) is 5. The van der Waals surface area contributed by atoms with Crippen LogP contribution in [-0.4, -0.2) is 71.6 Å².